The van der Waals surface area contributed by atoms with Gasteiger partial charge in [0, 0.05) is 18.6 Å². The topological polar surface area (TPSA) is 35.2 Å². The summed E-state index contributed by atoms with van der Waals surface area (Å²) in [5.74, 6) is 0.879. The number of ether oxygens (including phenoxy) is 1. The van der Waals surface area contributed by atoms with E-state index in [4.69, 9.17) is 10.5 Å². The summed E-state index contributed by atoms with van der Waals surface area (Å²) >= 11 is 0. The van der Waals surface area contributed by atoms with Gasteiger partial charge in [-0.2, -0.15) is 0 Å². The third-order valence-electron chi connectivity index (χ3n) is 3.94. The van der Waals surface area contributed by atoms with Crippen molar-refractivity contribution in [1.82, 2.24) is 0 Å². The quantitative estimate of drug-likeness (QED) is 0.674. The van der Waals surface area contributed by atoms with Gasteiger partial charge in [0.15, 0.2) is 0 Å². The van der Waals surface area contributed by atoms with E-state index in [0.717, 1.165) is 12.5 Å². The van der Waals surface area contributed by atoms with E-state index in [2.05, 4.69) is 6.92 Å². The molecule has 0 aromatic carbocycles. The predicted molar refractivity (Wildman–Crippen MR) is 53.5 cm³/mol. The van der Waals surface area contributed by atoms with Crippen LogP contribution in [0.25, 0.3) is 0 Å². The third-order valence-corrected chi connectivity index (χ3v) is 3.94. The van der Waals surface area contributed by atoms with Gasteiger partial charge in [-0.1, -0.05) is 19.8 Å². The number of hydrogen-bond acceptors (Lipinski definition) is 2. The Morgan fingerprint density at radius 3 is 3.00 bits per heavy atom. The molecule has 1 heterocycles. The lowest BCUT2D eigenvalue weighted by Crippen LogP contribution is -2.40. The monoisotopic (exact) mass is 183 g/mol. The molecule has 76 valence electrons. The Hall–Kier alpha value is -0.0800. The minimum atomic E-state index is 0.357. The molecule has 1 aliphatic carbocycles. The molecule has 0 amide bonds. The maximum atomic E-state index is 5.76. The Morgan fingerprint density at radius 2 is 2.31 bits per heavy atom. The SMILES string of the molecule is CC1CCCC2(CCOC2CN)C1. The molecular formula is C11H21NO. The van der Waals surface area contributed by atoms with Crippen molar-refractivity contribution in [2.75, 3.05) is 13.2 Å². The summed E-state index contributed by atoms with van der Waals surface area (Å²) in [4.78, 5) is 0. The minimum absolute atomic E-state index is 0.357. The number of nitrogens with two attached hydrogens (primary N) is 1. The molecule has 2 aliphatic rings. The van der Waals surface area contributed by atoms with Crippen LogP contribution in [0.1, 0.15) is 39.0 Å². The van der Waals surface area contributed by atoms with Crippen molar-refractivity contribution in [1.29, 1.82) is 0 Å². The van der Waals surface area contributed by atoms with Crippen LogP contribution in [0.3, 0.4) is 0 Å². The molecule has 2 rings (SSSR count). The molecule has 13 heavy (non-hydrogen) atoms. The summed E-state index contributed by atoms with van der Waals surface area (Å²) in [7, 11) is 0. The predicted octanol–water partition coefficient (Wildman–Crippen LogP) is 1.93. The molecule has 2 N–H and O–H groups in total. The zero-order valence-corrected chi connectivity index (χ0v) is 8.59. The van der Waals surface area contributed by atoms with Crippen molar-refractivity contribution in [3.63, 3.8) is 0 Å². The molecule has 3 atom stereocenters. The summed E-state index contributed by atoms with van der Waals surface area (Å²) in [6.07, 6.45) is 7.07. The van der Waals surface area contributed by atoms with Gasteiger partial charge in [-0.05, 0) is 25.2 Å². The van der Waals surface area contributed by atoms with Crippen molar-refractivity contribution >= 4 is 0 Å². The van der Waals surface area contributed by atoms with Crippen molar-refractivity contribution in [3.8, 4) is 0 Å². The van der Waals surface area contributed by atoms with Gasteiger partial charge in [0.2, 0.25) is 0 Å². The van der Waals surface area contributed by atoms with Gasteiger partial charge in [0.05, 0.1) is 6.10 Å². The molecule has 1 spiro atoms. The second kappa shape index (κ2) is 3.58. The molecule has 0 bridgehead atoms. The zero-order chi connectivity index (χ0) is 9.31. The highest BCUT2D eigenvalue weighted by Gasteiger charge is 2.45. The molecule has 0 aromatic rings. The molecule has 3 unspecified atom stereocenters. The van der Waals surface area contributed by atoms with Gasteiger partial charge >= 0.3 is 0 Å². The van der Waals surface area contributed by atoms with Crippen LogP contribution in [0, 0.1) is 11.3 Å². The normalized spacial score (nSPS) is 45.7. The second-order valence-electron chi connectivity index (χ2n) is 4.91. The zero-order valence-electron chi connectivity index (χ0n) is 8.59. The van der Waals surface area contributed by atoms with E-state index >= 15 is 0 Å². The molecule has 2 heteroatoms. The Balaban J connectivity index is 2.08. The molecule has 2 nitrogen and oxygen atoms in total. The molecule has 1 saturated carbocycles. The van der Waals surface area contributed by atoms with Crippen molar-refractivity contribution in [2.24, 2.45) is 17.1 Å². The highest BCUT2D eigenvalue weighted by Crippen LogP contribution is 2.48. The van der Waals surface area contributed by atoms with E-state index in [1.807, 2.05) is 0 Å². The summed E-state index contributed by atoms with van der Waals surface area (Å²) in [5.41, 5.74) is 6.22. The minimum Gasteiger partial charge on any atom is -0.376 e. The average molecular weight is 183 g/mol. The van der Waals surface area contributed by atoms with Crippen molar-refractivity contribution in [2.45, 2.75) is 45.1 Å². The van der Waals surface area contributed by atoms with Gasteiger partial charge in [0.25, 0.3) is 0 Å². The summed E-state index contributed by atoms with van der Waals surface area (Å²) < 4.78 is 5.72. The van der Waals surface area contributed by atoms with Crippen LogP contribution in [0.15, 0.2) is 0 Å². The molecular weight excluding hydrogens is 162 g/mol. The first-order valence-corrected chi connectivity index (χ1v) is 5.58. The Kier molecular flexibility index (Phi) is 2.61. The van der Waals surface area contributed by atoms with E-state index in [9.17, 15) is 0 Å². The van der Waals surface area contributed by atoms with E-state index in [1.54, 1.807) is 0 Å². The van der Waals surface area contributed by atoms with Crippen LogP contribution in [0.5, 0.6) is 0 Å². The van der Waals surface area contributed by atoms with Crippen LogP contribution in [0.4, 0.5) is 0 Å². The number of rotatable bonds is 1. The van der Waals surface area contributed by atoms with E-state index < -0.39 is 0 Å². The maximum Gasteiger partial charge on any atom is 0.0754 e. The van der Waals surface area contributed by atoms with Gasteiger partial charge in [-0.15, -0.1) is 0 Å². The van der Waals surface area contributed by atoms with E-state index in [0.29, 0.717) is 18.1 Å². The third kappa shape index (κ3) is 1.62. The molecule has 0 radical (unpaired) electrons. The lowest BCUT2D eigenvalue weighted by Gasteiger charge is -2.39. The van der Waals surface area contributed by atoms with E-state index in [-0.39, 0.29) is 0 Å². The first-order valence-electron chi connectivity index (χ1n) is 5.58. The fourth-order valence-electron chi connectivity index (χ4n) is 3.28. The smallest absolute Gasteiger partial charge is 0.0754 e. The average Bonchev–Trinajstić information content (AvgIpc) is 2.47. The van der Waals surface area contributed by atoms with Gasteiger partial charge in [-0.25, -0.2) is 0 Å². The van der Waals surface area contributed by atoms with Crippen LogP contribution in [-0.4, -0.2) is 19.3 Å². The Labute approximate surface area is 80.8 Å². The number of hydrogen-bond donors (Lipinski definition) is 1. The van der Waals surface area contributed by atoms with Crippen molar-refractivity contribution < 1.29 is 4.74 Å². The first-order chi connectivity index (χ1) is 6.27. The molecule has 1 saturated heterocycles. The molecule has 1 aliphatic heterocycles. The van der Waals surface area contributed by atoms with Crippen molar-refractivity contribution in [3.05, 3.63) is 0 Å². The largest absolute Gasteiger partial charge is 0.376 e. The van der Waals surface area contributed by atoms with Gasteiger partial charge in [-0.3, -0.25) is 0 Å². The lowest BCUT2D eigenvalue weighted by molar-refractivity contribution is 0.0229. The second-order valence-corrected chi connectivity index (χ2v) is 4.91. The van der Waals surface area contributed by atoms with Crippen LogP contribution >= 0.6 is 0 Å². The Bertz CT molecular complexity index is 183. The summed E-state index contributed by atoms with van der Waals surface area (Å²) in [6.45, 7) is 4.02. The van der Waals surface area contributed by atoms with Crippen LogP contribution in [-0.2, 0) is 4.74 Å². The van der Waals surface area contributed by atoms with Crippen LogP contribution in [0.2, 0.25) is 0 Å². The lowest BCUT2D eigenvalue weighted by atomic mass is 9.66. The first kappa shape index (κ1) is 9.47. The van der Waals surface area contributed by atoms with Gasteiger partial charge < -0.3 is 10.5 Å². The highest BCUT2D eigenvalue weighted by atomic mass is 16.5. The highest BCUT2D eigenvalue weighted by molar-refractivity contribution is 4.95. The Morgan fingerprint density at radius 1 is 1.46 bits per heavy atom. The summed E-state index contributed by atoms with van der Waals surface area (Å²) in [6, 6.07) is 0. The molecule has 0 aromatic heterocycles. The maximum absolute atomic E-state index is 5.76. The fourth-order valence-corrected chi connectivity index (χ4v) is 3.28. The van der Waals surface area contributed by atoms with Crippen LogP contribution < -0.4 is 5.73 Å². The standard InChI is InChI=1S/C11H21NO/c1-9-3-2-4-11(7-9)5-6-13-10(11)8-12/h9-10H,2-8,12H2,1H3. The van der Waals surface area contributed by atoms with E-state index in [1.165, 1.54) is 32.1 Å². The fraction of sp³-hybridized carbons (Fsp3) is 1.00. The summed E-state index contributed by atoms with van der Waals surface area (Å²) in [5, 5.41) is 0. The molecule has 2 fully saturated rings. The van der Waals surface area contributed by atoms with Gasteiger partial charge in [0.1, 0.15) is 0 Å².